The van der Waals surface area contributed by atoms with Gasteiger partial charge in [-0.2, -0.15) is 0 Å². The molecule has 1 saturated heterocycles. The first kappa shape index (κ1) is 17.3. The van der Waals surface area contributed by atoms with Gasteiger partial charge in [-0.15, -0.1) is 0 Å². The number of aromatic amines is 1. The Bertz CT molecular complexity index is 784. The number of nitrogens with one attached hydrogen (secondary N) is 1. The SMILES string of the molecule is CCC(CC)C(=O)N1CC[C@@H](c2cc(=O)[nH]c(-c3ccccn3)n2)C1. The lowest BCUT2D eigenvalue weighted by Crippen LogP contribution is -2.34. The zero-order valence-electron chi connectivity index (χ0n) is 14.7. The Kier molecular flexibility index (Phi) is 5.26. The van der Waals surface area contributed by atoms with Crippen LogP contribution in [-0.2, 0) is 4.79 Å². The highest BCUT2D eigenvalue weighted by atomic mass is 16.2. The van der Waals surface area contributed by atoms with E-state index in [0.29, 0.717) is 18.1 Å². The van der Waals surface area contributed by atoms with Crippen LogP contribution in [0.15, 0.2) is 35.3 Å². The third-order valence-electron chi connectivity index (χ3n) is 4.92. The van der Waals surface area contributed by atoms with Crippen molar-refractivity contribution in [3.05, 3.63) is 46.5 Å². The molecule has 1 amide bonds. The summed E-state index contributed by atoms with van der Waals surface area (Å²) in [4.78, 5) is 38.1. The normalized spacial score (nSPS) is 17.2. The van der Waals surface area contributed by atoms with Gasteiger partial charge in [0.1, 0.15) is 5.69 Å². The molecule has 132 valence electrons. The molecule has 1 atom stereocenters. The van der Waals surface area contributed by atoms with Gasteiger partial charge in [-0.3, -0.25) is 14.6 Å². The summed E-state index contributed by atoms with van der Waals surface area (Å²) in [7, 11) is 0. The lowest BCUT2D eigenvalue weighted by Gasteiger charge is -2.21. The third kappa shape index (κ3) is 3.78. The smallest absolute Gasteiger partial charge is 0.251 e. The van der Waals surface area contributed by atoms with Gasteiger partial charge in [0.25, 0.3) is 5.56 Å². The largest absolute Gasteiger partial charge is 0.342 e. The van der Waals surface area contributed by atoms with Gasteiger partial charge in [0.15, 0.2) is 5.82 Å². The Balaban J connectivity index is 1.80. The molecular weight excluding hydrogens is 316 g/mol. The van der Waals surface area contributed by atoms with Crippen LogP contribution in [0.5, 0.6) is 0 Å². The molecule has 2 aromatic rings. The quantitative estimate of drug-likeness (QED) is 0.907. The summed E-state index contributed by atoms with van der Waals surface area (Å²) < 4.78 is 0. The van der Waals surface area contributed by atoms with Gasteiger partial charge in [0, 0.05) is 37.2 Å². The molecule has 1 fully saturated rings. The molecule has 1 aliphatic rings. The summed E-state index contributed by atoms with van der Waals surface area (Å²) >= 11 is 0. The molecule has 6 heteroatoms. The first-order valence-corrected chi connectivity index (χ1v) is 8.93. The Morgan fingerprint density at radius 1 is 1.36 bits per heavy atom. The van der Waals surface area contributed by atoms with Crippen molar-refractivity contribution in [2.75, 3.05) is 13.1 Å². The van der Waals surface area contributed by atoms with Gasteiger partial charge >= 0.3 is 0 Å². The van der Waals surface area contributed by atoms with E-state index in [0.717, 1.165) is 31.5 Å². The molecule has 0 aromatic carbocycles. The number of carbonyl (C=O) groups is 1. The highest BCUT2D eigenvalue weighted by Gasteiger charge is 2.31. The number of hydrogen-bond acceptors (Lipinski definition) is 4. The summed E-state index contributed by atoms with van der Waals surface area (Å²) in [5, 5.41) is 0. The maximum absolute atomic E-state index is 12.6. The molecule has 0 aliphatic carbocycles. The average Bonchev–Trinajstić information content (AvgIpc) is 3.13. The van der Waals surface area contributed by atoms with Gasteiger partial charge in [0.2, 0.25) is 5.91 Å². The molecule has 3 rings (SSSR count). The van der Waals surface area contributed by atoms with E-state index >= 15 is 0 Å². The number of likely N-dealkylation sites (tertiary alicyclic amines) is 1. The lowest BCUT2D eigenvalue weighted by atomic mass is 10.0. The molecule has 0 saturated carbocycles. The van der Waals surface area contributed by atoms with Crippen molar-refractivity contribution in [1.82, 2.24) is 19.9 Å². The number of hydrogen-bond donors (Lipinski definition) is 1. The van der Waals surface area contributed by atoms with Crippen molar-refractivity contribution in [3.8, 4) is 11.5 Å². The minimum Gasteiger partial charge on any atom is -0.342 e. The highest BCUT2D eigenvalue weighted by Crippen LogP contribution is 2.28. The lowest BCUT2D eigenvalue weighted by molar-refractivity contribution is -0.134. The highest BCUT2D eigenvalue weighted by molar-refractivity contribution is 5.79. The van der Waals surface area contributed by atoms with Crippen LogP contribution in [0.4, 0.5) is 0 Å². The van der Waals surface area contributed by atoms with E-state index in [2.05, 4.69) is 28.8 Å². The molecule has 0 unspecified atom stereocenters. The van der Waals surface area contributed by atoms with Crippen molar-refractivity contribution >= 4 is 5.91 Å². The molecule has 1 N–H and O–H groups in total. The third-order valence-corrected chi connectivity index (χ3v) is 4.92. The molecule has 1 aliphatic heterocycles. The van der Waals surface area contributed by atoms with Crippen molar-refractivity contribution in [2.45, 2.75) is 39.0 Å². The van der Waals surface area contributed by atoms with Crippen molar-refractivity contribution in [1.29, 1.82) is 0 Å². The summed E-state index contributed by atoms with van der Waals surface area (Å²) in [6, 6.07) is 7.05. The summed E-state index contributed by atoms with van der Waals surface area (Å²) in [5.41, 5.74) is 1.20. The van der Waals surface area contributed by atoms with Crippen LogP contribution in [0.25, 0.3) is 11.5 Å². The molecule has 2 aromatic heterocycles. The Hall–Kier alpha value is -2.50. The number of nitrogens with zero attached hydrogens (tertiary/aromatic N) is 3. The van der Waals surface area contributed by atoms with E-state index in [1.807, 2.05) is 23.1 Å². The van der Waals surface area contributed by atoms with Gasteiger partial charge in [0.05, 0.1) is 5.69 Å². The molecule has 6 nitrogen and oxygen atoms in total. The Morgan fingerprint density at radius 3 is 2.84 bits per heavy atom. The maximum atomic E-state index is 12.6. The van der Waals surface area contributed by atoms with Gasteiger partial charge in [-0.1, -0.05) is 19.9 Å². The number of rotatable bonds is 5. The van der Waals surface area contributed by atoms with Crippen molar-refractivity contribution in [2.24, 2.45) is 5.92 Å². The summed E-state index contributed by atoms with van der Waals surface area (Å²) in [6.45, 7) is 5.47. The van der Waals surface area contributed by atoms with E-state index in [1.165, 1.54) is 0 Å². The number of carbonyl (C=O) groups excluding carboxylic acids is 1. The standard InChI is InChI=1S/C19H24N4O2/c1-3-13(4-2)19(25)23-10-8-14(12-23)16-11-17(24)22-18(21-16)15-7-5-6-9-20-15/h5-7,9,11,13-14H,3-4,8,10,12H2,1-2H3,(H,21,22,24)/t14-/m1/s1. The molecule has 0 radical (unpaired) electrons. The van der Waals surface area contributed by atoms with Crippen LogP contribution >= 0.6 is 0 Å². The van der Waals surface area contributed by atoms with E-state index in [4.69, 9.17) is 0 Å². The Labute approximate surface area is 147 Å². The number of aromatic nitrogens is 3. The predicted octanol–water partition coefficient (Wildman–Crippen LogP) is 2.58. The number of pyridine rings is 1. The number of H-pyrrole nitrogens is 1. The van der Waals surface area contributed by atoms with Crippen LogP contribution in [-0.4, -0.2) is 38.8 Å². The van der Waals surface area contributed by atoms with Crippen LogP contribution in [0.1, 0.15) is 44.7 Å². The zero-order chi connectivity index (χ0) is 17.8. The van der Waals surface area contributed by atoms with E-state index in [-0.39, 0.29) is 23.3 Å². The van der Waals surface area contributed by atoms with Crippen LogP contribution in [0.3, 0.4) is 0 Å². The molecule has 0 spiro atoms. The van der Waals surface area contributed by atoms with Gasteiger partial charge < -0.3 is 9.88 Å². The summed E-state index contributed by atoms with van der Waals surface area (Å²) in [5.74, 6) is 0.896. The van der Waals surface area contributed by atoms with Gasteiger partial charge in [-0.25, -0.2) is 4.98 Å². The first-order chi connectivity index (χ1) is 12.1. The first-order valence-electron chi connectivity index (χ1n) is 8.93. The van der Waals surface area contributed by atoms with Crippen molar-refractivity contribution in [3.63, 3.8) is 0 Å². The van der Waals surface area contributed by atoms with E-state index in [9.17, 15) is 9.59 Å². The fourth-order valence-corrected chi connectivity index (χ4v) is 3.41. The fourth-order valence-electron chi connectivity index (χ4n) is 3.41. The van der Waals surface area contributed by atoms with Crippen LogP contribution in [0, 0.1) is 5.92 Å². The zero-order valence-corrected chi connectivity index (χ0v) is 14.7. The maximum Gasteiger partial charge on any atom is 0.251 e. The average molecular weight is 340 g/mol. The topological polar surface area (TPSA) is 79.0 Å². The molecule has 25 heavy (non-hydrogen) atoms. The number of amides is 1. The van der Waals surface area contributed by atoms with Crippen molar-refractivity contribution < 1.29 is 4.79 Å². The Morgan fingerprint density at radius 2 is 2.16 bits per heavy atom. The van der Waals surface area contributed by atoms with E-state index < -0.39 is 0 Å². The van der Waals surface area contributed by atoms with E-state index in [1.54, 1.807) is 12.3 Å². The monoisotopic (exact) mass is 340 g/mol. The molecule has 3 heterocycles. The van der Waals surface area contributed by atoms with Gasteiger partial charge in [-0.05, 0) is 31.4 Å². The second-order valence-electron chi connectivity index (χ2n) is 6.52. The second-order valence-corrected chi connectivity index (χ2v) is 6.52. The summed E-state index contributed by atoms with van der Waals surface area (Å²) in [6.07, 6.45) is 4.24. The second kappa shape index (κ2) is 7.59. The van der Waals surface area contributed by atoms with Crippen LogP contribution < -0.4 is 5.56 Å². The molecular formula is C19H24N4O2. The predicted molar refractivity (Wildman–Crippen MR) is 96.1 cm³/mol. The minimum absolute atomic E-state index is 0.0926. The minimum atomic E-state index is -0.185. The fraction of sp³-hybridized carbons (Fsp3) is 0.474. The van der Waals surface area contributed by atoms with Crippen LogP contribution in [0.2, 0.25) is 0 Å². The molecule has 0 bridgehead atoms.